The molecule has 0 unspecified atom stereocenters. The van der Waals surface area contributed by atoms with Gasteiger partial charge in [0.05, 0.1) is 13.5 Å². The molecule has 0 aliphatic carbocycles. The molecule has 0 spiro atoms. The summed E-state index contributed by atoms with van der Waals surface area (Å²) in [5, 5.41) is 0. The third kappa shape index (κ3) is 2.12. The van der Waals surface area contributed by atoms with Crippen LogP contribution in [0.3, 0.4) is 0 Å². The van der Waals surface area contributed by atoms with Gasteiger partial charge >= 0.3 is 0 Å². The van der Waals surface area contributed by atoms with Gasteiger partial charge in [0.2, 0.25) is 0 Å². The van der Waals surface area contributed by atoms with Gasteiger partial charge in [0.25, 0.3) is 5.83 Å². The Hall–Kier alpha value is -0.460. The lowest BCUT2D eigenvalue weighted by Crippen LogP contribution is -1.39. The Balaban J connectivity index is 2.80. The van der Waals surface area contributed by atoms with E-state index in [1.165, 1.54) is 0 Å². The average Bonchev–Trinajstić information content (AvgIpc) is 0.811. The maximum absolute atomic E-state index is 10.7. The lowest BCUT2D eigenvalue weighted by molar-refractivity contribution is 0.670. The highest BCUT2D eigenvalue weighted by molar-refractivity contribution is 4.81. The summed E-state index contributed by atoms with van der Waals surface area (Å²) in [6.45, 7) is 5.56. The van der Waals surface area contributed by atoms with Gasteiger partial charge in [-0.15, -0.1) is 0 Å². The molecule has 0 aromatic carbocycles. The molecule has 0 atom stereocenters. The van der Waals surface area contributed by atoms with Crippen LogP contribution in [0.5, 0.6) is 0 Å². The van der Waals surface area contributed by atoms with Crippen molar-refractivity contribution in [1.82, 2.24) is 0 Å². The molecule has 0 aliphatic heterocycles. The first kappa shape index (κ1) is 3.54. The highest BCUT2D eigenvalue weighted by atomic mass is 19.1. The highest BCUT2D eigenvalue weighted by Gasteiger charge is 1.71. The Kier molecular flexibility index (Phi) is 0.826. The van der Waals surface area contributed by atoms with Gasteiger partial charge in [-0.1, -0.05) is 0 Å². The summed E-state index contributed by atoms with van der Waals surface area (Å²) in [5.74, 6) is -0.583. The van der Waals surface area contributed by atoms with E-state index < -0.39 is 5.83 Å². The van der Waals surface area contributed by atoms with Crippen LogP contribution in [-0.2, 0) is 0 Å². The van der Waals surface area contributed by atoms with E-state index in [0.717, 1.165) is 0 Å². The SMILES string of the molecule is C=C([CH2+])F. The zero-order chi connectivity index (χ0) is 3.58. The normalized spacial score (nSPS) is 6.25. The van der Waals surface area contributed by atoms with Crippen molar-refractivity contribution in [3.63, 3.8) is 0 Å². The van der Waals surface area contributed by atoms with Crippen LogP contribution in [0.25, 0.3) is 0 Å². The predicted molar refractivity (Wildman–Crippen MR) is 15.6 cm³/mol. The fraction of sp³-hybridized carbons (Fsp3) is 0. The van der Waals surface area contributed by atoms with Gasteiger partial charge in [-0.25, -0.2) is 0 Å². The van der Waals surface area contributed by atoms with Crippen LogP contribution in [0.1, 0.15) is 0 Å². The molecule has 0 amide bonds. The molecule has 1 heteroatoms. The number of hydrogen-bond donors (Lipinski definition) is 0. The molecule has 0 bridgehead atoms. The maximum atomic E-state index is 10.7. The molecule has 0 nitrogen and oxygen atoms in total. The summed E-state index contributed by atoms with van der Waals surface area (Å²) in [6.07, 6.45) is 0. The first-order chi connectivity index (χ1) is 1.73. The summed E-state index contributed by atoms with van der Waals surface area (Å²) < 4.78 is 10.7. The first-order valence-electron chi connectivity index (χ1n) is 0.896. The quantitative estimate of drug-likeness (QED) is 0.369. The van der Waals surface area contributed by atoms with Crippen LogP contribution in [0, 0.1) is 6.92 Å². The second-order valence-corrected chi connectivity index (χ2v) is 0.517. The van der Waals surface area contributed by atoms with E-state index in [9.17, 15) is 4.39 Å². The van der Waals surface area contributed by atoms with Gasteiger partial charge in [0.15, 0.2) is 0 Å². The van der Waals surface area contributed by atoms with Gasteiger partial charge in [0, 0.05) is 0 Å². The summed E-state index contributed by atoms with van der Waals surface area (Å²) in [4.78, 5) is 0. The van der Waals surface area contributed by atoms with Crippen LogP contribution in [0.15, 0.2) is 12.4 Å². The van der Waals surface area contributed by atoms with E-state index in [1.807, 2.05) is 0 Å². The van der Waals surface area contributed by atoms with Crippen molar-refractivity contribution < 1.29 is 4.39 Å². The molecule has 0 rings (SSSR count). The molecule has 0 aromatic rings. The van der Waals surface area contributed by atoms with E-state index in [4.69, 9.17) is 0 Å². The van der Waals surface area contributed by atoms with Crippen molar-refractivity contribution in [2.24, 2.45) is 0 Å². The molecule has 4 heavy (non-hydrogen) atoms. The Labute approximate surface area is 24.9 Å². The van der Waals surface area contributed by atoms with Crippen molar-refractivity contribution >= 4 is 0 Å². The lowest BCUT2D eigenvalue weighted by atomic mass is 10.7. The molecule has 0 aliphatic rings. The number of rotatable bonds is 0. The third-order valence-electron chi connectivity index (χ3n) is 0. The number of allylic oxidation sites excluding steroid dienone is 1. The second kappa shape index (κ2) is 0.934. The topological polar surface area (TPSA) is 0 Å². The standard InChI is InChI=1S/C3H4F/c1-3(2)4/h1-2H2/q+1. The highest BCUT2D eigenvalue weighted by Crippen LogP contribution is 1.78. The van der Waals surface area contributed by atoms with E-state index in [0.29, 0.717) is 0 Å². The van der Waals surface area contributed by atoms with Gasteiger partial charge in [0.1, 0.15) is 0 Å². The van der Waals surface area contributed by atoms with Crippen LogP contribution in [0.4, 0.5) is 4.39 Å². The zero-order valence-electron chi connectivity index (χ0n) is 2.29. The maximum Gasteiger partial charge on any atom is 0.265 e. The minimum absolute atomic E-state index is 0.583. The van der Waals surface area contributed by atoms with Crippen molar-refractivity contribution in [1.29, 1.82) is 0 Å². The summed E-state index contributed by atoms with van der Waals surface area (Å²) in [5.41, 5.74) is 0. The lowest BCUT2D eigenvalue weighted by Gasteiger charge is -1.47. The van der Waals surface area contributed by atoms with Crippen molar-refractivity contribution in [2.75, 3.05) is 0 Å². The zero-order valence-corrected chi connectivity index (χ0v) is 2.29. The molecule has 0 radical (unpaired) electrons. The molecular formula is C3H4F+. The van der Waals surface area contributed by atoms with Crippen LogP contribution >= 0.6 is 0 Å². The predicted octanol–water partition coefficient (Wildman–Crippen LogP) is 1.30. The van der Waals surface area contributed by atoms with E-state index in [1.54, 1.807) is 0 Å². The Bertz CT molecular complexity index is 26.3. The second-order valence-electron chi connectivity index (χ2n) is 0.517. The van der Waals surface area contributed by atoms with Crippen LogP contribution in [0.2, 0.25) is 0 Å². The molecule has 0 aromatic heterocycles. The monoisotopic (exact) mass is 59.0 g/mol. The summed E-state index contributed by atoms with van der Waals surface area (Å²) >= 11 is 0. The van der Waals surface area contributed by atoms with E-state index in [2.05, 4.69) is 13.5 Å². The minimum atomic E-state index is -0.583. The van der Waals surface area contributed by atoms with Gasteiger partial charge in [-0.2, -0.15) is 4.39 Å². The summed E-state index contributed by atoms with van der Waals surface area (Å²) in [6, 6.07) is 0. The number of hydrogen-bond acceptors (Lipinski definition) is 0. The molecule has 0 saturated heterocycles. The third-order valence-corrected chi connectivity index (χ3v) is 0. The average molecular weight is 59.1 g/mol. The van der Waals surface area contributed by atoms with Crippen molar-refractivity contribution in [3.05, 3.63) is 19.3 Å². The Morgan fingerprint density at radius 3 is 2.00 bits per heavy atom. The van der Waals surface area contributed by atoms with Gasteiger partial charge in [-0.05, 0) is 0 Å². The van der Waals surface area contributed by atoms with Gasteiger partial charge < -0.3 is 0 Å². The molecule has 0 N–H and O–H groups in total. The van der Waals surface area contributed by atoms with Gasteiger partial charge in [-0.3, -0.25) is 0 Å². The largest absolute Gasteiger partial charge is 0.265 e. The Morgan fingerprint density at radius 2 is 2.00 bits per heavy atom. The van der Waals surface area contributed by atoms with Crippen molar-refractivity contribution in [2.45, 2.75) is 0 Å². The Morgan fingerprint density at radius 1 is 2.00 bits per heavy atom. The van der Waals surface area contributed by atoms with Crippen LogP contribution < -0.4 is 0 Å². The summed E-state index contributed by atoms with van der Waals surface area (Å²) in [7, 11) is 0. The fourth-order valence-corrected chi connectivity index (χ4v) is 0. The molecule has 22 valence electrons. The fourth-order valence-electron chi connectivity index (χ4n) is 0. The number of halogens is 1. The molecule has 0 fully saturated rings. The first-order valence-corrected chi connectivity index (χ1v) is 0.896. The smallest absolute Gasteiger partial charge is 0.160 e. The molecule has 0 saturated carbocycles. The van der Waals surface area contributed by atoms with Crippen molar-refractivity contribution in [3.8, 4) is 0 Å². The molecule has 0 heterocycles. The minimum Gasteiger partial charge on any atom is -0.160 e. The molecular weight excluding hydrogens is 55.0 g/mol. The van der Waals surface area contributed by atoms with E-state index >= 15 is 0 Å². The van der Waals surface area contributed by atoms with Crippen LogP contribution in [-0.4, -0.2) is 0 Å². The van der Waals surface area contributed by atoms with E-state index in [-0.39, 0.29) is 0 Å².